The molecule has 0 amide bonds. The summed E-state index contributed by atoms with van der Waals surface area (Å²) >= 11 is 0. The summed E-state index contributed by atoms with van der Waals surface area (Å²) < 4.78 is 937. The molecule has 1 aliphatic heterocycles. The second-order valence-electron chi connectivity index (χ2n) is 24.9. The van der Waals surface area contributed by atoms with Crippen LogP contribution in [0.1, 0.15) is 5.56 Å². The molecule has 12 nitrogen and oxygen atoms in total. The van der Waals surface area contributed by atoms with Crippen LogP contribution in [-0.2, 0) is 6.54 Å². The van der Waals surface area contributed by atoms with Gasteiger partial charge in [-0.1, -0.05) is 6.07 Å². The van der Waals surface area contributed by atoms with Crippen LogP contribution in [0.3, 0.4) is 0 Å². The second-order valence-corrected chi connectivity index (χ2v) is 24.9. The Balaban J connectivity index is 2.13. The Morgan fingerprint density at radius 3 is 0.633 bits per heavy atom. The van der Waals surface area contributed by atoms with Crippen LogP contribution in [0.5, 0.6) is 24.0 Å². The quantitative estimate of drug-likeness (QED) is 0.0502. The van der Waals surface area contributed by atoms with Crippen molar-refractivity contribution in [2.24, 2.45) is 0 Å². The summed E-state index contributed by atoms with van der Waals surface area (Å²) in [4.78, 5) is 13.1. The maximum Gasteiger partial charge on any atom is 0.385 e. The monoisotopic (exact) mass is 2040 g/mol. The lowest BCUT2D eigenvalue weighted by Gasteiger charge is -2.42. The van der Waals surface area contributed by atoms with Gasteiger partial charge < -0.3 is 28.7 Å². The molecule has 0 spiro atoms. The van der Waals surface area contributed by atoms with E-state index in [1.807, 2.05) is 0 Å². The lowest BCUT2D eigenvalue weighted by atomic mass is 9.89. The van der Waals surface area contributed by atoms with Crippen molar-refractivity contribution in [3.8, 4) is 24.0 Å². The normalized spacial score (nSPS) is 16.4. The Bertz CT molecular complexity index is 4170. The van der Waals surface area contributed by atoms with Crippen molar-refractivity contribution in [3.05, 3.63) is 29.6 Å². The molecule has 1 aliphatic rings. The Kier molecular flexibility index (Phi) is 28.4. The molecule has 0 aliphatic carbocycles. The van der Waals surface area contributed by atoms with Crippen LogP contribution >= 0.6 is 0 Å². The first-order chi connectivity index (χ1) is 55.9. The van der Waals surface area contributed by atoms with Gasteiger partial charge >= 0.3 is 216 Å². The van der Waals surface area contributed by atoms with Gasteiger partial charge in [-0.05, 0) is 17.7 Å². The number of ether oxygens (including phenoxy) is 4. The number of rotatable bonds is 42. The molecule has 77 heteroatoms. The standard InChI is InChI=1S/C51H21F65N8O4/c52-12-2-1-11-6-123(18-117-20(125-7-24(61,62)32(77,78)40(93,94)48(109,110)44(101,102)36(85,86)28(69,70)14(53)54)121-21(118-18)126-8-25(63,64)33(79,80)41(95,96)49(111,112)45(103,104)37(87,88)29(71,72)15(55)56)3-4-124(13(11)5-12)19-119-22(127-9-26(65,66)34(81,82)42(97,98)50(113,114)46(105,106)38(89,90)30(73,74)16(57)58)122-23(120-19)128-10-27(67,68)35(83,84)43(99,100)51(115,116)47(107,108)39(91,92)31(75,76)17(59)60/h1-2,5,14-17H,3-4,6-10H2. The van der Waals surface area contributed by atoms with E-state index in [4.69, 9.17) is 0 Å². The number of halogens is 65. The highest BCUT2D eigenvalue weighted by Crippen LogP contribution is 2.69. The number of aromatic nitrogens is 6. The molecule has 0 saturated heterocycles. The number of alkyl halides is 64. The summed E-state index contributed by atoms with van der Waals surface area (Å²) in [7, 11) is 0. The Morgan fingerprint density at radius 1 is 0.242 bits per heavy atom. The molecule has 0 unspecified atom stereocenters. The Labute approximate surface area is 653 Å². The van der Waals surface area contributed by atoms with E-state index in [1.165, 1.54) is 0 Å². The average molecular weight is 2040 g/mol. The van der Waals surface area contributed by atoms with Gasteiger partial charge in [0, 0.05) is 19.6 Å². The van der Waals surface area contributed by atoms with Crippen molar-refractivity contribution in [3.63, 3.8) is 0 Å². The smallest absolute Gasteiger partial charge is 0.385 e. The second kappa shape index (κ2) is 32.5. The van der Waals surface area contributed by atoms with Gasteiger partial charge in [-0.15, -0.1) is 9.97 Å². The van der Waals surface area contributed by atoms with Gasteiger partial charge in [0.05, 0.1) is 5.69 Å². The van der Waals surface area contributed by atoms with Crippen LogP contribution < -0.4 is 28.7 Å². The largest absolute Gasteiger partial charge is 0.457 e. The van der Waals surface area contributed by atoms with Gasteiger partial charge in [-0.3, -0.25) is 0 Å². The average Bonchev–Trinajstić information content (AvgIpc) is 0.864. The number of hydrogen-bond acceptors (Lipinski definition) is 12. The van der Waals surface area contributed by atoms with Gasteiger partial charge in [-0.2, -0.15) is 266 Å². The molecule has 0 atom stereocenters. The molecule has 0 fully saturated rings. The molecule has 3 heterocycles. The highest BCUT2D eigenvalue weighted by molar-refractivity contribution is 5.64. The lowest BCUT2D eigenvalue weighted by Crippen LogP contribution is -2.74. The molecule has 0 bridgehead atoms. The summed E-state index contributed by atoms with van der Waals surface area (Å²) in [5.41, 5.74) is -3.26. The molecule has 1 aromatic carbocycles. The minimum Gasteiger partial charge on any atom is -0.457 e. The Morgan fingerprint density at radius 2 is 0.430 bits per heavy atom. The van der Waals surface area contributed by atoms with Crippen LogP contribution in [-0.4, -0.2) is 261 Å². The summed E-state index contributed by atoms with van der Waals surface area (Å²) in [6.45, 7) is -24.6. The third kappa shape index (κ3) is 16.2. The van der Waals surface area contributed by atoms with Gasteiger partial charge in [0.2, 0.25) is 11.9 Å². The van der Waals surface area contributed by atoms with Crippen LogP contribution in [0.2, 0.25) is 0 Å². The zero-order chi connectivity index (χ0) is 102. The van der Waals surface area contributed by atoms with Crippen molar-refractivity contribution in [1.29, 1.82) is 0 Å². The zero-order valence-corrected chi connectivity index (χ0v) is 57.3. The van der Waals surface area contributed by atoms with Gasteiger partial charge in [0.15, 0.2) is 26.4 Å². The van der Waals surface area contributed by atoms with Crippen molar-refractivity contribution in [2.75, 3.05) is 49.3 Å². The third-order valence-electron chi connectivity index (χ3n) is 16.4. The molecule has 744 valence electrons. The SMILES string of the molecule is Fc1ccc2c(c1)N(c1nc(OCC(F)(F)C(F)(F)C(F)(F)C(F)(F)C(F)(F)C(F)(F)C(F)(F)C(F)F)nc(OCC(F)(F)C(F)(F)C(F)(F)C(F)(F)C(F)(F)C(F)(F)C(F)(F)C(F)F)n1)CCN(c1nc(OCC(F)(F)C(F)(F)C(F)(F)C(F)(F)C(F)(F)C(F)(F)C(F)(F)C(F)F)nc(OCC(F)(F)C(F)(F)C(F)(F)C(F)(F)C(F)(F)C(F)(F)C(F)(F)C(F)F)n1)C2. The molecule has 2 aromatic heterocycles. The maximum absolute atomic E-state index is 15.2. The van der Waals surface area contributed by atoms with Crippen molar-refractivity contribution in [1.82, 2.24) is 29.9 Å². The lowest BCUT2D eigenvalue weighted by molar-refractivity contribution is -0.447. The van der Waals surface area contributed by atoms with Crippen molar-refractivity contribution >= 4 is 17.6 Å². The maximum atomic E-state index is 15.2. The van der Waals surface area contributed by atoms with Gasteiger partial charge in [0.25, 0.3) is 0 Å². The highest BCUT2D eigenvalue weighted by atomic mass is 19.4. The number of nitrogens with zero attached hydrogens (tertiary/aromatic N) is 8. The van der Waals surface area contributed by atoms with Crippen LogP contribution in [0.25, 0.3) is 0 Å². The zero-order valence-electron chi connectivity index (χ0n) is 57.3. The number of fused-ring (bicyclic) bond motifs is 1. The fourth-order valence-electron chi connectivity index (χ4n) is 8.76. The van der Waals surface area contributed by atoms with Gasteiger partial charge in [-0.25, -0.2) is 39.5 Å². The van der Waals surface area contributed by atoms with E-state index < -0.39 is 306 Å². The van der Waals surface area contributed by atoms with Crippen LogP contribution in [0.15, 0.2) is 18.2 Å². The molecule has 0 saturated carbocycles. The molecular formula is C51H21F65N8O4. The number of benzene rings is 1. The number of hydrogen-bond donors (Lipinski definition) is 0. The predicted molar refractivity (Wildman–Crippen MR) is 269 cm³/mol. The molecule has 0 N–H and O–H groups in total. The van der Waals surface area contributed by atoms with E-state index in [0.717, 1.165) is 0 Å². The first-order valence-corrected chi connectivity index (χ1v) is 30.0. The van der Waals surface area contributed by atoms with E-state index in [9.17, 15) is 246 Å². The van der Waals surface area contributed by atoms with Crippen LogP contribution in [0, 0.1) is 5.82 Å². The predicted octanol–water partition coefficient (Wildman–Crippen LogP) is 21.7. The van der Waals surface area contributed by atoms with E-state index >= 15 is 39.5 Å². The minimum atomic E-state index is -9.40. The first-order valence-electron chi connectivity index (χ1n) is 30.0. The Hall–Kier alpha value is -8.51. The minimum absolute atomic E-state index is 0.111. The molecule has 4 rings (SSSR count). The first kappa shape index (κ1) is 112. The van der Waals surface area contributed by atoms with Gasteiger partial charge in [0.1, 0.15) is 5.82 Å². The summed E-state index contributed by atoms with van der Waals surface area (Å²) in [6.07, 6.45) is -26.0. The molecule has 0 radical (unpaired) electrons. The topological polar surface area (TPSA) is 121 Å². The fourth-order valence-corrected chi connectivity index (χ4v) is 8.76. The summed E-state index contributed by atoms with van der Waals surface area (Å²) in [5, 5.41) is 0. The number of anilines is 3. The highest BCUT2D eigenvalue weighted by Gasteiger charge is 2.99. The van der Waals surface area contributed by atoms with Crippen molar-refractivity contribution < 1.29 is 304 Å². The molecule has 128 heavy (non-hydrogen) atoms. The van der Waals surface area contributed by atoms with Crippen LogP contribution in [0.4, 0.5) is 303 Å². The van der Waals surface area contributed by atoms with E-state index in [-0.39, 0.29) is 12.1 Å². The molecule has 3 aromatic rings. The fraction of sp³-hybridized carbons (Fsp3) is 0.765. The van der Waals surface area contributed by atoms with E-state index in [0.29, 0.717) is 0 Å². The van der Waals surface area contributed by atoms with E-state index in [2.05, 4.69) is 48.9 Å². The van der Waals surface area contributed by atoms with Crippen molar-refractivity contribution in [2.45, 2.75) is 198 Å². The summed E-state index contributed by atoms with van der Waals surface area (Å²) in [5.74, 6) is -255. The summed E-state index contributed by atoms with van der Waals surface area (Å²) in [6, 6.07) is -13.6. The van der Waals surface area contributed by atoms with E-state index in [1.54, 1.807) is 0 Å². The third-order valence-corrected chi connectivity index (χ3v) is 16.4. The molecular weight excluding hydrogens is 2020 g/mol.